The first kappa shape index (κ1) is 14.1. The number of carbonyl (C=O) groups is 2. The van der Waals surface area contributed by atoms with Gasteiger partial charge in [0.05, 0.1) is 0 Å². The van der Waals surface area contributed by atoms with Crippen molar-refractivity contribution < 1.29 is 14.7 Å². The molecule has 104 valence electrons. The number of carbonyl (C=O) groups excluding carboxylic acids is 1. The largest absolute Gasteiger partial charge is 0.481 e. The molecule has 1 atom stereocenters. The van der Waals surface area contributed by atoms with Gasteiger partial charge in [-0.2, -0.15) is 0 Å². The Hall–Kier alpha value is -1.30. The van der Waals surface area contributed by atoms with Crippen LogP contribution in [0.15, 0.2) is 16.7 Å². The minimum absolute atomic E-state index is 0.0409. The molecule has 1 aromatic rings. The SMILES string of the molecule is O=C(O)CC[C@H]1CCCCN1C(=O)c1cc(Br)c[nH]1. The first-order valence-corrected chi connectivity index (χ1v) is 7.24. The van der Waals surface area contributed by atoms with E-state index in [1.165, 1.54) is 0 Å². The summed E-state index contributed by atoms with van der Waals surface area (Å²) in [5.74, 6) is -0.846. The van der Waals surface area contributed by atoms with Gasteiger partial charge in [-0.15, -0.1) is 0 Å². The predicted octanol–water partition coefficient (Wildman–Crippen LogP) is 2.64. The Morgan fingerprint density at radius 1 is 1.47 bits per heavy atom. The van der Waals surface area contributed by atoms with Gasteiger partial charge in [0.15, 0.2) is 0 Å². The number of nitrogens with zero attached hydrogens (tertiary/aromatic N) is 1. The summed E-state index contributed by atoms with van der Waals surface area (Å²) in [6.45, 7) is 0.708. The standard InChI is InChI=1S/C13H17BrN2O3/c14-9-7-11(15-8-9)13(19)16-6-2-1-3-10(16)4-5-12(17)18/h7-8,10,15H,1-6H2,(H,17,18)/t10-/m1/s1. The van der Waals surface area contributed by atoms with Crippen molar-refractivity contribution in [3.8, 4) is 0 Å². The monoisotopic (exact) mass is 328 g/mol. The Labute approximate surface area is 120 Å². The fourth-order valence-corrected chi connectivity index (χ4v) is 2.85. The summed E-state index contributed by atoms with van der Waals surface area (Å²) in [4.78, 5) is 27.8. The maximum atomic E-state index is 12.4. The van der Waals surface area contributed by atoms with Crippen LogP contribution in [0.3, 0.4) is 0 Å². The molecule has 2 N–H and O–H groups in total. The van der Waals surface area contributed by atoms with Crippen LogP contribution in [-0.4, -0.2) is 39.5 Å². The van der Waals surface area contributed by atoms with Crippen molar-refractivity contribution in [3.05, 3.63) is 22.4 Å². The minimum Gasteiger partial charge on any atom is -0.481 e. The molecule has 2 heterocycles. The maximum absolute atomic E-state index is 12.4. The second-order valence-electron chi connectivity index (χ2n) is 4.81. The Morgan fingerprint density at radius 3 is 2.89 bits per heavy atom. The van der Waals surface area contributed by atoms with E-state index >= 15 is 0 Å². The number of H-pyrrole nitrogens is 1. The third-order valence-electron chi connectivity index (χ3n) is 3.46. The fourth-order valence-electron chi connectivity index (χ4n) is 2.50. The smallest absolute Gasteiger partial charge is 0.303 e. The number of carboxylic acid groups (broad SMARTS) is 1. The Balaban J connectivity index is 2.06. The summed E-state index contributed by atoms with van der Waals surface area (Å²) < 4.78 is 0.843. The molecule has 1 saturated heterocycles. The molecule has 5 nitrogen and oxygen atoms in total. The zero-order valence-electron chi connectivity index (χ0n) is 10.6. The summed E-state index contributed by atoms with van der Waals surface area (Å²) in [5.41, 5.74) is 0.550. The highest BCUT2D eigenvalue weighted by Crippen LogP contribution is 2.23. The molecule has 1 amide bonds. The lowest BCUT2D eigenvalue weighted by Crippen LogP contribution is -2.44. The van der Waals surface area contributed by atoms with E-state index in [1.54, 1.807) is 12.3 Å². The van der Waals surface area contributed by atoms with E-state index in [0.717, 1.165) is 23.7 Å². The molecule has 1 aromatic heterocycles. The molecule has 0 unspecified atom stereocenters. The molecule has 2 rings (SSSR count). The predicted molar refractivity (Wildman–Crippen MR) is 74.0 cm³/mol. The van der Waals surface area contributed by atoms with E-state index < -0.39 is 5.97 Å². The van der Waals surface area contributed by atoms with Crippen LogP contribution in [0, 0.1) is 0 Å². The molecular weight excluding hydrogens is 312 g/mol. The number of aromatic amines is 1. The van der Waals surface area contributed by atoms with Crippen molar-refractivity contribution in [1.82, 2.24) is 9.88 Å². The van der Waals surface area contributed by atoms with Gasteiger partial charge >= 0.3 is 5.97 Å². The van der Waals surface area contributed by atoms with Crippen LogP contribution < -0.4 is 0 Å². The number of nitrogens with one attached hydrogen (secondary N) is 1. The van der Waals surface area contributed by atoms with Gasteiger partial charge in [0.25, 0.3) is 5.91 Å². The minimum atomic E-state index is -0.805. The van der Waals surface area contributed by atoms with Gasteiger partial charge < -0.3 is 15.0 Å². The van der Waals surface area contributed by atoms with E-state index in [0.29, 0.717) is 18.7 Å². The number of likely N-dealkylation sites (tertiary alicyclic amines) is 1. The fraction of sp³-hybridized carbons (Fsp3) is 0.538. The number of halogens is 1. The topological polar surface area (TPSA) is 73.4 Å². The number of amides is 1. The van der Waals surface area contributed by atoms with Crippen LogP contribution in [0.5, 0.6) is 0 Å². The molecule has 1 fully saturated rings. The molecule has 0 aliphatic carbocycles. The van der Waals surface area contributed by atoms with Crippen molar-refractivity contribution in [2.45, 2.75) is 38.1 Å². The summed E-state index contributed by atoms with van der Waals surface area (Å²) >= 11 is 3.31. The first-order chi connectivity index (χ1) is 9.08. The number of rotatable bonds is 4. The van der Waals surface area contributed by atoms with Crippen LogP contribution in [0.1, 0.15) is 42.6 Å². The molecule has 0 aromatic carbocycles. The van der Waals surface area contributed by atoms with Crippen LogP contribution in [-0.2, 0) is 4.79 Å². The van der Waals surface area contributed by atoms with E-state index in [-0.39, 0.29) is 18.4 Å². The lowest BCUT2D eigenvalue weighted by Gasteiger charge is -2.35. The van der Waals surface area contributed by atoms with Gasteiger partial charge in [-0.3, -0.25) is 9.59 Å². The number of hydrogen-bond acceptors (Lipinski definition) is 2. The van der Waals surface area contributed by atoms with Gasteiger partial charge in [0, 0.05) is 29.7 Å². The highest BCUT2D eigenvalue weighted by molar-refractivity contribution is 9.10. The summed E-state index contributed by atoms with van der Waals surface area (Å²) in [5, 5.41) is 8.77. The zero-order chi connectivity index (χ0) is 13.8. The second kappa shape index (κ2) is 6.23. The Kier molecular flexibility index (Phi) is 4.63. The van der Waals surface area contributed by atoms with Crippen molar-refractivity contribution >= 4 is 27.8 Å². The van der Waals surface area contributed by atoms with Gasteiger partial charge in [0.2, 0.25) is 0 Å². The van der Waals surface area contributed by atoms with E-state index in [9.17, 15) is 9.59 Å². The molecule has 1 aliphatic rings. The van der Waals surface area contributed by atoms with Gasteiger partial charge in [0.1, 0.15) is 5.69 Å². The van der Waals surface area contributed by atoms with Crippen molar-refractivity contribution in [2.24, 2.45) is 0 Å². The Bertz CT molecular complexity index is 472. The molecular formula is C13H17BrN2O3. The summed E-state index contributed by atoms with van der Waals surface area (Å²) in [7, 11) is 0. The highest BCUT2D eigenvalue weighted by atomic mass is 79.9. The van der Waals surface area contributed by atoms with Gasteiger partial charge in [-0.1, -0.05) is 0 Å². The normalized spacial score (nSPS) is 19.4. The first-order valence-electron chi connectivity index (χ1n) is 6.44. The van der Waals surface area contributed by atoms with Gasteiger partial charge in [-0.25, -0.2) is 0 Å². The van der Waals surface area contributed by atoms with E-state index in [2.05, 4.69) is 20.9 Å². The average Bonchev–Trinajstić information content (AvgIpc) is 2.82. The number of aromatic nitrogens is 1. The second-order valence-corrected chi connectivity index (χ2v) is 5.73. The quantitative estimate of drug-likeness (QED) is 0.892. The molecule has 1 aliphatic heterocycles. The highest BCUT2D eigenvalue weighted by Gasteiger charge is 2.28. The third kappa shape index (κ3) is 3.59. The summed E-state index contributed by atoms with van der Waals surface area (Å²) in [6.07, 6.45) is 5.30. The van der Waals surface area contributed by atoms with Gasteiger partial charge in [-0.05, 0) is 47.7 Å². The zero-order valence-corrected chi connectivity index (χ0v) is 12.1. The lowest BCUT2D eigenvalue weighted by molar-refractivity contribution is -0.137. The van der Waals surface area contributed by atoms with Crippen molar-refractivity contribution in [1.29, 1.82) is 0 Å². The third-order valence-corrected chi connectivity index (χ3v) is 3.92. The van der Waals surface area contributed by atoms with E-state index in [4.69, 9.17) is 5.11 Å². The molecule has 0 spiro atoms. The van der Waals surface area contributed by atoms with Crippen LogP contribution >= 0.6 is 15.9 Å². The molecule has 0 radical (unpaired) electrons. The lowest BCUT2D eigenvalue weighted by atomic mass is 9.97. The molecule has 19 heavy (non-hydrogen) atoms. The van der Waals surface area contributed by atoms with Crippen LogP contribution in [0.25, 0.3) is 0 Å². The van der Waals surface area contributed by atoms with Crippen LogP contribution in [0.2, 0.25) is 0 Å². The molecule has 6 heteroatoms. The number of piperidine rings is 1. The van der Waals surface area contributed by atoms with E-state index in [1.807, 2.05) is 4.90 Å². The average molecular weight is 329 g/mol. The number of aliphatic carboxylic acids is 1. The van der Waals surface area contributed by atoms with Crippen LogP contribution in [0.4, 0.5) is 0 Å². The molecule has 0 saturated carbocycles. The number of hydrogen-bond donors (Lipinski definition) is 2. The Morgan fingerprint density at radius 2 is 2.26 bits per heavy atom. The molecule has 0 bridgehead atoms. The van der Waals surface area contributed by atoms with Crippen molar-refractivity contribution in [2.75, 3.05) is 6.54 Å². The summed E-state index contributed by atoms with van der Waals surface area (Å²) in [6, 6.07) is 1.80. The van der Waals surface area contributed by atoms with Crippen molar-refractivity contribution in [3.63, 3.8) is 0 Å². The maximum Gasteiger partial charge on any atom is 0.303 e. The number of carboxylic acids is 1.